The van der Waals surface area contributed by atoms with Crippen molar-refractivity contribution in [3.63, 3.8) is 0 Å². The fourth-order valence-electron chi connectivity index (χ4n) is 8.02. The molecule has 43 heavy (non-hydrogen) atoms. The number of alkyl halides is 2. The first-order chi connectivity index (χ1) is 20.5. The molecule has 11 heteroatoms. The molecule has 1 aromatic rings. The molecule has 0 unspecified atom stereocenters. The lowest BCUT2D eigenvalue weighted by Gasteiger charge is -2.55. The Balaban J connectivity index is 1.18. The number of halogens is 2. The van der Waals surface area contributed by atoms with Crippen molar-refractivity contribution in [3.8, 4) is 0 Å². The maximum Gasteiger partial charge on any atom is 0.410 e. The Labute approximate surface area is 255 Å². The highest BCUT2D eigenvalue weighted by atomic mass is 19.3. The van der Waals surface area contributed by atoms with Gasteiger partial charge >= 0.3 is 6.09 Å². The number of hydrogen-bond acceptors (Lipinski definition) is 7. The lowest BCUT2D eigenvalue weighted by Crippen LogP contribution is -2.64. The number of amides is 2. The van der Waals surface area contributed by atoms with Crippen LogP contribution in [-0.2, 0) is 4.74 Å². The van der Waals surface area contributed by atoms with E-state index in [0.717, 1.165) is 75.8 Å². The summed E-state index contributed by atoms with van der Waals surface area (Å²) in [7, 11) is 0. The molecule has 0 bridgehead atoms. The fraction of sp³-hybridized carbons (Fsp3) is 0.812. The summed E-state index contributed by atoms with van der Waals surface area (Å²) in [4.78, 5) is 43.3. The summed E-state index contributed by atoms with van der Waals surface area (Å²) in [5.74, 6) is 0.513. The van der Waals surface area contributed by atoms with Gasteiger partial charge in [-0.2, -0.15) is 0 Å². The van der Waals surface area contributed by atoms with E-state index in [1.165, 1.54) is 6.33 Å². The van der Waals surface area contributed by atoms with Gasteiger partial charge in [-0.25, -0.2) is 23.5 Å². The van der Waals surface area contributed by atoms with Crippen LogP contribution in [0.4, 0.5) is 13.6 Å². The number of carbonyl (C=O) groups excluding carboxylic acids is 2. The van der Waals surface area contributed by atoms with E-state index in [9.17, 15) is 18.4 Å². The van der Waals surface area contributed by atoms with E-state index >= 15 is 0 Å². The Morgan fingerprint density at radius 2 is 1.72 bits per heavy atom. The van der Waals surface area contributed by atoms with E-state index in [1.54, 1.807) is 0 Å². The summed E-state index contributed by atoms with van der Waals surface area (Å²) in [6, 6.07) is 0. The zero-order valence-electron chi connectivity index (χ0n) is 26.5. The van der Waals surface area contributed by atoms with Crippen molar-refractivity contribution in [2.45, 2.75) is 96.6 Å². The number of unbranched alkanes of at least 4 members (excludes halogenated alkanes) is 1. The summed E-state index contributed by atoms with van der Waals surface area (Å²) < 4.78 is 32.1. The van der Waals surface area contributed by atoms with Crippen LogP contribution in [0.25, 0.3) is 0 Å². The molecule has 0 saturated carbocycles. The molecule has 0 N–H and O–H groups in total. The minimum absolute atomic E-state index is 0.00807. The van der Waals surface area contributed by atoms with E-state index in [1.807, 2.05) is 28.5 Å². The second kappa shape index (κ2) is 13.3. The lowest BCUT2D eigenvalue weighted by molar-refractivity contribution is -0.134. The van der Waals surface area contributed by atoms with E-state index in [2.05, 4.69) is 28.7 Å². The lowest BCUT2D eigenvalue weighted by atomic mass is 9.74. The molecule has 4 aliphatic heterocycles. The first kappa shape index (κ1) is 32.0. The van der Waals surface area contributed by atoms with Crippen LogP contribution in [0.1, 0.15) is 87.0 Å². The minimum Gasteiger partial charge on any atom is -0.442 e. The molecular formula is C32H50F2N6O3. The highest BCUT2D eigenvalue weighted by Crippen LogP contribution is 2.43. The van der Waals surface area contributed by atoms with Crippen LogP contribution in [-0.4, -0.2) is 118 Å². The van der Waals surface area contributed by atoms with Gasteiger partial charge in [-0.1, -0.05) is 19.8 Å². The van der Waals surface area contributed by atoms with Crippen molar-refractivity contribution >= 4 is 12.0 Å². The van der Waals surface area contributed by atoms with Crippen molar-refractivity contribution in [1.82, 2.24) is 29.6 Å². The van der Waals surface area contributed by atoms with E-state index in [4.69, 9.17) is 4.74 Å². The predicted molar refractivity (Wildman–Crippen MR) is 160 cm³/mol. The molecule has 4 aliphatic rings. The normalized spacial score (nSPS) is 26.3. The zero-order valence-corrected chi connectivity index (χ0v) is 26.5. The molecule has 1 spiro atoms. The van der Waals surface area contributed by atoms with E-state index < -0.39 is 12.0 Å². The van der Waals surface area contributed by atoms with Gasteiger partial charge in [0, 0.05) is 70.1 Å². The number of rotatable bonds is 9. The molecule has 0 aromatic carbocycles. The fourth-order valence-corrected chi connectivity index (χ4v) is 8.02. The number of nitrogens with zero attached hydrogens (tertiary/aromatic N) is 6. The predicted octanol–water partition coefficient (Wildman–Crippen LogP) is 4.77. The zero-order chi connectivity index (χ0) is 30.8. The first-order valence-corrected chi connectivity index (χ1v) is 16.3. The van der Waals surface area contributed by atoms with Crippen LogP contribution in [0.5, 0.6) is 0 Å². The molecular weight excluding hydrogens is 554 g/mol. The highest BCUT2D eigenvalue weighted by molar-refractivity contribution is 5.96. The number of carbonyl (C=O) groups is 2. The average Bonchev–Trinajstić information content (AvgIpc) is 3.40. The van der Waals surface area contributed by atoms with Crippen LogP contribution in [0.15, 0.2) is 6.33 Å². The van der Waals surface area contributed by atoms with Gasteiger partial charge in [0.2, 0.25) is 0 Å². The summed E-state index contributed by atoms with van der Waals surface area (Å²) in [5.41, 5.74) is 1.62. The third-order valence-electron chi connectivity index (χ3n) is 10.8. The van der Waals surface area contributed by atoms with Gasteiger partial charge in [0.15, 0.2) is 0 Å². The third kappa shape index (κ3) is 6.97. The second-order valence-electron chi connectivity index (χ2n) is 13.7. The van der Waals surface area contributed by atoms with Crippen LogP contribution in [0, 0.1) is 25.7 Å². The molecule has 9 nitrogen and oxygen atoms in total. The molecule has 5 rings (SSSR count). The van der Waals surface area contributed by atoms with Crippen LogP contribution in [0.3, 0.4) is 0 Å². The van der Waals surface area contributed by atoms with Crippen molar-refractivity contribution in [2.24, 2.45) is 11.8 Å². The van der Waals surface area contributed by atoms with Gasteiger partial charge in [0.05, 0.1) is 23.5 Å². The second-order valence-corrected chi connectivity index (χ2v) is 13.7. The smallest absolute Gasteiger partial charge is 0.410 e. The number of hydrogen-bond donors (Lipinski definition) is 0. The number of piperidine rings is 2. The quantitative estimate of drug-likeness (QED) is 0.402. The number of aryl methyl sites for hydroxylation is 2. The van der Waals surface area contributed by atoms with Gasteiger partial charge < -0.3 is 14.5 Å². The molecule has 4 saturated heterocycles. The maximum absolute atomic E-state index is 13.4. The Bertz CT molecular complexity index is 1120. The summed E-state index contributed by atoms with van der Waals surface area (Å²) in [6.07, 6.45) is 6.46. The van der Waals surface area contributed by atoms with Crippen LogP contribution in [0.2, 0.25) is 0 Å². The van der Waals surface area contributed by atoms with Gasteiger partial charge in [-0.15, -0.1) is 0 Å². The van der Waals surface area contributed by atoms with Gasteiger partial charge in [-0.05, 0) is 58.9 Å². The summed E-state index contributed by atoms with van der Waals surface area (Å²) in [6.45, 7) is 13.8. The molecule has 1 aromatic heterocycles. The van der Waals surface area contributed by atoms with E-state index in [0.29, 0.717) is 44.8 Å². The monoisotopic (exact) mass is 604 g/mol. The van der Waals surface area contributed by atoms with Crippen molar-refractivity contribution in [1.29, 1.82) is 0 Å². The number of ether oxygens (including phenoxy) is 1. The number of likely N-dealkylation sites (tertiary alicyclic amines) is 3. The SMILES string of the molecule is CCCC[C@H]1CN(C[C@H]2CCN(CC(F)F)C2)C(=O)OC12CCN(C1(C)CCN(C(=O)c3c(C)ncnc3C)CC1)CC2. The molecule has 5 heterocycles. The molecule has 240 valence electrons. The van der Waals surface area contributed by atoms with Crippen molar-refractivity contribution < 1.29 is 23.1 Å². The molecule has 2 amide bonds. The van der Waals surface area contributed by atoms with Gasteiger partial charge in [-0.3, -0.25) is 14.6 Å². The summed E-state index contributed by atoms with van der Waals surface area (Å²) in [5, 5.41) is 0. The Morgan fingerprint density at radius 3 is 2.35 bits per heavy atom. The largest absolute Gasteiger partial charge is 0.442 e. The van der Waals surface area contributed by atoms with E-state index in [-0.39, 0.29) is 35.9 Å². The maximum atomic E-state index is 13.4. The Kier molecular flexibility index (Phi) is 9.90. The average molecular weight is 605 g/mol. The Hall–Kier alpha value is -2.40. The van der Waals surface area contributed by atoms with Crippen molar-refractivity contribution in [3.05, 3.63) is 23.3 Å². The topological polar surface area (TPSA) is 82.1 Å². The standard InChI is InChI=1S/C32H50F2N6O3/c1-5-6-7-26-20-39(19-25-8-13-37(18-25)21-27(33)34)30(42)43-32(26)11-16-40(17-12-32)31(4)9-14-38(15-10-31)29(41)28-23(2)35-22-36-24(28)3/h22,25-27H,5-21H2,1-4H3/t25-,26-/m0/s1. The third-order valence-corrected chi connectivity index (χ3v) is 10.8. The molecule has 4 fully saturated rings. The Morgan fingerprint density at radius 1 is 1.05 bits per heavy atom. The van der Waals surface area contributed by atoms with Gasteiger partial charge in [0.1, 0.15) is 11.9 Å². The van der Waals surface area contributed by atoms with Crippen molar-refractivity contribution in [2.75, 3.05) is 58.9 Å². The molecule has 0 aliphatic carbocycles. The van der Waals surface area contributed by atoms with Crippen LogP contribution < -0.4 is 0 Å². The number of aromatic nitrogens is 2. The minimum atomic E-state index is -2.32. The highest BCUT2D eigenvalue weighted by Gasteiger charge is 2.52. The van der Waals surface area contributed by atoms with Crippen LogP contribution >= 0.6 is 0 Å². The summed E-state index contributed by atoms with van der Waals surface area (Å²) >= 11 is 0. The first-order valence-electron chi connectivity index (χ1n) is 16.3. The molecule has 2 atom stereocenters. The van der Waals surface area contributed by atoms with Gasteiger partial charge in [0.25, 0.3) is 12.3 Å². The molecule has 0 radical (unpaired) electrons.